The van der Waals surface area contributed by atoms with Gasteiger partial charge in [-0.2, -0.15) is 18.3 Å². The van der Waals surface area contributed by atoms with Crippen LogP contribution in [-0.2, 0) is 12.7 Å². The quantitative estimate of drug-likeness (QED) is 0.780. The van der Waals surface area contributed by atoms with E-state index in [0.29, 0.717) is 21.5 Å². The third-order valence-electron chi connectivity index (χ3n) is 3.26. The predicted molar refractivity (Wildman–Crippen MR) is 77.5 cm³/mol. The number of aromatic nitrogens is 3. The number of halogens is 4. The van der Waals surface area contributed by atoms with Gasteiger partial charge in [-0.25, -0.2) is 0 Å². The smallest absolute Gasteiger partial charge is 0.382 e. The minimum absolute atomic E-state index is 0.259. The number of hydrogen-bond acceptors (Lipinski definition) is 3. The van der Waals surface area contributed by atoms with Gasteiger partial charge in [-0.15, -0.1) is 0 Å². The van der Waals surface area contributed by atoms with Crippen LogP contribution in [-0.4, -0.2) is 14.8 Å². The van der Waals surface area contributed by atoms with Crippen LogP contribution in [0.3, 0.4) is 0 Å². The highest BCUT2D eigenvalue weighted by Crippen LogP contribution is 2.30. The molecule has 0 bridgehead atoms. The van der Waals surface area contributed by atoms with Crippen molar-refractivity contribution in [1.29, 1.82) is 0 Å². The van der Waals surface area contributed by atoms with Gasteiger partial charge in [0.1, 0.15) is 0 Å². The van der Waals surface area contributed by atoms with Crippen molar-refractivity contribution >= 4 is 28.3 Å². The zero-order valence-corrected chi connectivity index (χ0v) is 11.9. The molecule has 22 heavy (non-hydrogen) atoms. The largest absolute Gasteiger partial charge is 0.416 e. The molecule has 0 spiro atoms. The average molecular weight is 327 g/mol. The van der Waals surface area contributed by atoms with E-state index in [4.69, 9.17) is 17.3 Å². The van der Waals surface area contributed by atoms with E-state index in [1.54, 1.807) is 10.9 Å². The molecule has 0 atom stereocenters. The Kier molecular flexibility index (Phi) is 3.44. The molecule has 0 aliphatic heterocycles. The van der Waals surface area contributed by atoms with Gasteiger partial charge in [-0.1, -0.05) is 23.7 Å². The predicted octanol–water partition coefficient (Wildman–Crippen LogP) is 3.73. The van der Waals surface area contributed by atoms with Crippen LogP contribution in [0.4, 0.5) is 19.0 Å². The van der Waals surface area contributed by atoms with Gasteiger partial charge in [0.2, 0.25) is 0 Å². The van der Waals surface area contributed by atoms with Crippen molar-refractivity contribution < 1.29 is 13.2 Å². The first kappa shape index (κ1) is 14.6. The van der Waals surface area contributed by atoms with Crippen LogP contribution in [0, 0.1) is 0 Å². The van der Waals surface area contributed by atoms with E-state index in [9.17, 15) is 13.2 Å². The molecule has 0 saturated carbocycles. The minimum Gasteiger partial charge on any atom is -0.382 e. The lowest BCUT2D eigenvalue weighted by Gasteiger charge is -2.08. The van der Waals surface area contributed by atoms with Crippen molar-refractivity contribution in [3.05, 3.63) is 52.8 Å². The van der Waals surface area contributed by atoms with Crippen LogP contribution in [0.5, 0.6) is 0 Å². The molecule has 1 aromatic carbocycles. The Balaban J connectivity index is 1.95. The van der Waals surface area contributed by atoms with Crippen LogP contribution in [0.15, 0.2) is 36.7 Å². The highest BCUT2D eigenvalue weighted by Gasteiger charge is 2.29. The number of nitrogen functional groups attached to an aromatic ring is 1. The summed E-state index contributed by atoms with van der Waals surface area (Å²) in [5.74, 6) is 0.259. The molecule has 0 aliphatic rings. The van der Waals surface area contributed by atoms with Crippen molar-refractivity contribution in [2.75, 3.05) is 5.73 Å². The van der Waals surface area contributed by atoms with E-state index in [1.165, 1.54) is 18.3 Å². The third kappa shape index (κ3) is 2.59. The lowest BCUT2D eigenvalue weighted by molar-refractivity contribution is -0.137. The van der Waals surface area contributed by atoms with Gasteiger partial charge in [-0.3, -0.25) is 9.67 Å². The summed E-state index contributed by atoms with van der Waals surface area (Å²) in [6.07, 6.45) is -1.32. The first-order valence-electron chi connectivity index (χ1n) is 6.28. The topological polar surface area (TPSA) is 56.7 Å². The van der Waals surface area contributed by atoms with Crippen LogP contribution in [0.2, 0.25) is 5.02 Å². The fraction of sp³-hybridized carbons (Fsp3) is 0.143. The van der Waals surface area contributed by atoms with Gasteiger partial charge in [0, 0.05) is 6.20 Å². The normalized spacial score (nSPS) is 12.0. The second-order valence-corrected chi connectivity index (χ2v) is 5.16. The van der Waals surface area contributed by atoms with E-state index in [0.717, 1.165) is 12.1 Å². The molecule has 0 fully saturated rings. The second kappa shape index (κ2) is 5.17. The van der Waals surface area contributed by atoms with Crippen LogP contribution < -0.4 is 5.73 Å². The molecule has 0 amide bonds. The summed E-state index contributed by atoms with van der Waals surface area (Å²) < 4.78 is 39.2. The summed E-state index contributed by atoms with van der Waals surface area (Å²) in [7, 11) is 0. The van der Waals surface area contributed by atoms with E-state index in [-0.39, 0.29) is 12.4 Å². The number of benzene rings is 1. The molecule has 4 nitrogen and oxygen atoms in total. The second-order valence-electron chi connectivity index (χ2n) is 4.75. The van der Waals surface area contributed by atoms with Crippen LogP contribution >= 0.6 is 11.6 Å². The Hall–Kier alpha value is -2.28. The standard InChI is InChI=1S/C14H10ClF3N4/c15-10-5-20-6-11-12(10)13(19)21-22(11)7-8-1-3-9(4-2-8)14(16,17)18/h1-6H,7H2,(H2,19,21). The number of nitrogens with two attached hydrogens (primary N) is 1. The molecule has 8 heteroatoms. The van der Waals surface area contributed by atoms with E-state index in [1.807, 2.05) is 0 Å². The van der Waals surface area contributed by atoms with Crippen LogP contribution in [0.25, 0.3) is 10.9 Å². The minimum atomic E-state index is -4.35. The number of alkyl halides is 3. The van der Waals surface area contributed by atoms with Gasteiger partial charge < -0.3 is 5.73 Å². The highest BCUT2D eigenvalue weighted by molar-refractivity contribution is 6.36. The molecule has 0 radical (unpaired) electrons. The molecule has 2 aromatic heterocycles. The molecular formula is C14H10ClF3N4. The number of anilines is 1. The Bertz CT molecular complexity index is 824. The Labute approximate surface area is 128 Å². The third-order valence-corrected chi connectivity index (χ3v) is 3.54. The first-order chi connectivity index (χ1) is 10.4. The summed E-state index contributed by atoms with van der Waals surface area (Å²) in [5, 5.41) is 5.13. The summed E-state index contributed by atoms with van der Waals surface area (Å²) >= 11 is 6.03. The lowest BCUT2D eigenvalue weighted by Crippen LogP contribution is -2.06. The molecule has 2 heterocycles. The zero-order valence-electron chi connectivity index (χ0n) is 11.1. The average Bonchev–Trinajstić information content (AvgIpc) is 2.76. The SMILES string of the molecule is Nc1nn(Cc2ccc(C(F)(F)F)cc2)c2cncc(Cl)c12. The van der Waals surface area contributed by atoms with E-state index >= 15 is 0 Å². The fourth-order valence-corrected chi connectivity index (χ4v) is 2.45. The molecule has 3 aromatic rings. The number of fused-ring (bicyclic) bond motifs is 1. The number of rotatable bonds is 2. The van der Waals surface area contributed by atoms with Crippen molar-refractivity contribution in [2.24, 2.45) is 0 Å². The Morgan fingerprint density at radius 1 is 1.14 bits per heavy atom. The fourth-order valence-electron chi connectivity index (χ4n) is 2.20. The van der Waals surface area contributed by atoms with Crippen LogP contribution in [0.1, 0.15) is 11.1 Å². The maximum atomic E-state index is 12.5. The van der Waals surface area contributed by atoms with Crippen molar-refractivity contribution in [2.45, 2.75) is 12.7 Å². The monoisotopic (exact) mass is 326 g/mol. The highest BCUT2D eigenvalue weighted by atomic mass is 35.5. The maximum Gasteiger partial charge on any atom is 0.416 e. The Morgan fingerprint density at radius 2 is 1.82 bits per heavy atom. The maximum absolute atomic E-state index is 12.5. The summed E-state index contributed by atoms with van der Waals surface area (Å²) in [6, 6.07) is 4.89. The van der Waals surface area contributed by atoms with Gasteiger partial charge >= 0.3 is 6.18 Å². The van der Waals surface area contributed by atoms with Crippen molar-refractivity contribution in [1.82, 2.24) is 14.8 Å². The van der Waals surface area contributed by atoms with Gasteiger partial charge in [0.05, 0.1) is 34.2 Å². The van der Waals surface area contributed by atoms with E-state index in [2.05, 4.69) is 10.1 Å². The van der Waals surface area contributed by atoms with Crippen molar-refractivity contribution in [3.8, 4) is 0 Å². The molecule has 3 rings (SSSR count). The molecule has 2 N–H and O–H groups in total. The first-order valence-corrected chi connectivity index (χ1v) is 6.65. The Morgan fingerprint density at radius 3 is 2.45 bits per heavy atom. The molecule has 0 aliphatic carbocycles. The van der Waals surface area contributed by atoms with Gasteiger partial charge in [-0.05, 0) is 17.7 Å². The zero-order chi connectivity index (χ0) is 15.9. The van der Waals surface area contributed by atoms with Crippen molar-refractivity contribution in [3.63, 3.8) is 0 Å². The summed E-state index contributed by atoms with van der Waals surface area (Å²) in [5.41, 5.74) is 6.42. The molecule has 114 valence electrons. The van der Waals surface area contributed by atoms with Gasteiger partial charge in [0.25, 0.3) is 0 Å². The molecular weight excluding hydrogens is 317 g/mol. The van der Waals surface area contributed by atoms with Gasteiger partial charge in [0.15, 0.2) is 5.82 Å². The summed E-state index contributed by atoms with van der Waals surface area (Å²) in [6.45, 7) is 0.272. The lowest BCUT2D eigenvalue weighted by atomic mass is 10.1. The number of nitrogens with zero attached hydrogens (tertiary/aromatic N) is 3. The number of hydrogen-bond donors (Lipinski definition) is 1. The summed E-state index contributed by atoms with van der Waals surface area (Å²) in [4.78, 5) is 3.98. The van der Waals surface area contributed by atoms with E-state index < -0.39 is 11.7 Å². The molecule has 0 unspecified atom stereocenters. The number of pyridine rings is 1. The molecule has 0 saturated heterocycles.